The molecule has 0 atom stereocenters. The standard InChI is InChI=1S/C19H22ClN3O3S/c1-13-5-4-6-15(9-13)25-7-8-26-18-16(20)10-14(11-17(18)24-3)12-22-23-19(27)21-2/h4-6,9-12H,7-8H2,1-3H3,(H2,21,23,27)/b22-12-. The SMILES string of the molecule is CNC(=S)N/N=C\c1cc(Cl)c(OCCOc2cccc(C)c2)c(OC)c1. The first kappa shape index (κ1) is 20.8. The van der Waals surface area contributed by atoms with Crippen LogP contribution in [-0.4, -0.2) is 38.7 Å². The molecular weight excluding hydrogens is 386 g/mol. The highest BCUT2D eigenvalue weighted by Gasteiger charge is 2.11. The fraction of sp³-hybridized carbons (Fsp3) is 0.263. The molecule has 2 aromatic rings. The maximum atomic E-state index is 6.33. The topological polar surface area (TPSA) is 64.1 Å². The number of nitrogens with zero attached hydrogens (tertiary/aromatic N) is 1. The van der Waals surface area contributed by atoms with Crippen LogP contribution in [0.3, 0.4) is 0 Å². The second-order valence-electron chi connectivity index (χ2n) is 5.50. The summed E-state index contributed by atoms with van der Waals surface area (Å²) in [7, 11) is 3.26. The van der Waals surface area contributed by atoms with Crippen LogP contribution in [-0.2, 0) is 0 Å². The highest BCUT2D eigenvalue weighted by Crippen LogP contribution is 2.36. The van der Waals surface area contributed by atoms with Crippen LogP contribution in [0, 0.1) is 6.92 Å². The van der Waals surface area contributed by atoms with Crippen molar-refractivity contribution in [3.63, 3.8) is 0 Å². The molecule has 2 aromatic carbocycles. The lowest BCUT2D eigenvalue weighted by atomic mass is 10.2. The van der Waals surface area contributed by atoms with E-state index < -0.39 is 0 Å². The highest BCUT2D eigenvalue weighted by molar-refractivity contribution is 7.80. The van der Waals surface area contributed by atoms with Gasteiger partial charge in [0.2, 0.25) is 0 Å². The third-order valence-corrected chi connectivity index (χ3v) is 4.02. The summed E-state index contributed by atoms with van der Waals surface area (Å²) in [6, 6.07) is 11.3. The molecule has 0 bridgehead atoms. The van der Waals surface area contributed by atoms with Gasteiger partial charge in [-0.3, -0.25) is 5.43 Å². The van der Waals surface area contributed by atoms with Crippen molar-refractivity contribution in [2.24, 2.45) is 5.10 Å². The molecule has 0 aliphatic carbocycles. The van der Waals surface area contributed by atoms with Crippen LogP contribution in [0.1, 0.15) is 11.1 Å². The second kappa shape index (κ2) is 10.6. The van der Waals surface area contributed by atoms with Crippen LogP contribution in [0.15, 0.2) is 41.5 Å². The van der Waals surface area contributed by atoms with Gasteiger partial charge in [-0.15, -0.1) is 0 Å². The van der Waals surface area contributed by atoms with E-state index in [1.165, 1.54) is 0 Å². The molecule has 0 aromatic heterocycles. The zero-order valence-corrected chi connectivity index (χ0v) is 17.0. The Morgan fingerprint density at radius 3 is 2.70 bits per heavy atom. The van der Waals surface area contributed by atoms with Crippen LogP contribution in [0.2, 0.25) is 5.02 Å². The number of hydrogen-bond acceptors (Lipinski definition) is 5. The molecule has 8 heteroatoms. The number of nitrogens with one attached hydrogen (secondary N) is 2. The molecule has 0 amide bonds. The van der Waals surface area contributed by atoms with Crippen molar-refractivity contribution in [2.45, 2.75) is 6.92 Å². The molecule has 144 valence electrons. The Bertz CT molecular complexity index is 815. The lowest BCUT2D eigenvalue weighted by molar-refractivity contribution is 0.211. The van der Waals surface area contributed by atoms with E-state index in [9.17, 15) is 0 Å². The van der Waals surface area contributed by atoms with Crippen LogP contribution < -0.4 is 25.0 Å². The van der Waals surface area contributed by atoms with Crippen LogP contribution in [0.5, 0.6) is 17.2 Å². The van der Waals surface area contributed by atoms with Gasteiger partial charge in [-0.25, -0.2) is 0 Å². The van der Waals surface area contributed by atoms with Crippen LogP contribution >= 0.6 is 23.8 Å². The van der Waals surface area contributed by atoms with Gasteiger partial charge in [0.25, 0.3) is 0 Å². The number of thiocarbonyl (C=S) groups is 1. The van der Waals surface area contributed by atoms with Crippen molar-refractivity contribution in [3.8, 4) is 17.2 Å². The number of aryl methyl sites for hydroxylation is 1. The fourth-order valence-electron chi connectivity index (χ4n) is 2.18. The van der Waals surface area contributed by atoms with Gasteiger partial charge in [-0.1, -0.05) is 23.7 Å². The zero-order chi connectivity index (χ0) is 19.6. The molecule has 0 unspecified atom stereocenters. The molecule has 0 aliphatic heterocycles. The predicted molar refractivity (Wildman–Crippen MR) is 113 cm³/mol. The summed E-state index contributed by atoms with van der Waals surface area (Å²) < 4.78 is 16.8. The number of ether oxygens (including phenoxy) is 3. The molecule has 0 saturated heterocycles. The van der Waals surface area contributed by atoms with Gasteiger partial charge in [0.15, 0.2) is 16.6 Å². The summed E-state index contributed by atoms with van der Waals surface area (Å²) in [5.41, 5.74) is 4.55. The predicted octanol–water partition coefficient (Wildman–Crippen LogP) is 3.54. The third kappa shape index (κ3) is 6.62. The largest absolute Gasteiger partial charge is 0.493 e. The van der Waals surface area contributed by atoms with Crippen molar-refractivity contribution in [1.82, 2.24) is 10.7 Å². The van der Waals surface area contributed by atoms with Crippen LogP contribution in [0.25, 0.3) is 0 Å². The van der Waals surface area contributed by atoms with Crippen molar-refractivity contribution >= 4 is 35.1 Å². The average Bonchev–Trinajstić information content (AvgIpc) is 2.66. The molecule has 0 radical (unpaired) electrons. The summed E-state index contributed by atoms with van der Waals surface area (Å²) in [6.45, 7) is 2.73. The Morgan fingerprint density at radius 1 is 1.22 bits per heavy atom. The molecular formula is C19H22ClN3O3S. The molecule has 0 aliphatic rings. The highest BCUT2D eigenvalue weighted by atomic mass is 35.5. The molecule has 6 nitrogen and oxygen atoms in total. The van der Waals surface area contributed by atoms with Gasteiger partial charge in [-0.05, 0) is 54.5 Å². The summed E-state index contributed by atoms with van der Waals surface area (Å²) >= 11 is 11.3. The van der Waals surface area contributed by atoms with Crippen molar-refractivity contribution < 1.29 is 14.2 Å². The van der Waals surface area contributed by atoms with Gasteiger partial charge in [0.1, 0.15) is 19.0 Å². The quantitative estimate of drug-likeness (QED) is 0.302. The zero-order valence-electron chi connectivity index (χ0n) is 15.4. The molecule has 0 fully saturated rings. The van der Waals surface area contributed by atoms with E-state index in [0.29, 0.717) is 34.8 Å². The van der Waals surface area contributed by atoms with Gasteiger partial charge >= 0.3 is 0 Å². The number of halogens is 1. The second-order valence-corrected chi connectivity index (χ2v) is 6.31. The first-order valence-corrected chi connectivity index (χ1v) is 9.02. The first-order valence-electron chi connectivity index (χ1n) is 8.24. The lowest BCUT2D eigenvalue weighted by Gasteiger charge is -2.14. The molecule has 27 heavy (non-hydrogen) atoms. The maximum Gasteiger partial charge on any atom is 0.186 e. The maximum absolute atomic E-state index is 6.33. The Labute approximate surface area is 169 Å². The number of methoxy groups -OCH3 is 1. The minimum absolute atomic E-state index is 0.329. The molecule has 2 N–H and O–H groups in total. The number of hydrazone groups is 1. The normalized spacial score (nSPS) is 10.5. The monoisotopic (exact) mass is 407 g/mol. The van der Waals surface area contributed by atoms with Gasteiger partial charge in [-0.2, -0.15) is 5.10 Å². The van der Waals surface area contributed by atoms with E-state index in [4.69, 9.17) is 38.0 Å². The lowest BCUT2D eigenvalue weighted by Crippen LogP contribution is -2.28. The molecule has 0 saturated carbocycles. The summed E-state index contributed by atoms with van der Waals surface area (Å²) in [5, 5.41) is 7.62. The number of rotatable bonds is 8. The molecule has 0 spiro atoms. The Morgan fingerprint density at radius 2 is 2.00 bits per heavy atom. The Hall–Kier alpha value is -2.51. The van der Waals surface area contributed by atoms with Crippen LogP contribution in [0.4, 0.5) is 0 Å². The van der Waals surface area contributed by atoms with Crippen molar-refractivity contribution in [1.29, 1.82) is 0 Å². The molecule has 0 heterocycles. The minimum atomic E-state index is 0.329. The Kier molecular flexibility index (Phi) is 8.16. The van der Waals surface area contributed by atoms with E-state index >= 15 is 0 Å². The summed E-state index contributed by atoms with van der Waals surface area (Å²) in [5.74, 6) is 1.77. The van der Waals surface area contributed by atoms with Gasteiger partial charge < -0.3 is 19.5 Å². The number of hydrogen-bond donors (Lipinski definition) is 2. The Balaban J connectivity index is 1.96. The van der Waals surface area contributed by atoms with E-state index in [1.807, 2.05) is 31.2 Å². The fourth-order valence-corrected chi connectivity index (χ4v) is 2.51. The minimum Gasteiger partial charge on any atom is -0.493 e. The van der Waals surface area contributed by atoms with E-state index in [0.717, 1.165) is 16.9 Å². The third-order valence-electron chi connectivity index (χ3n) is 3.45. The van der Waals surface area contributed by atoms with E-state index in [2.05, 4.69) is 15.8 Å². The van der Waals surface area contributed by atoms with E-state index in [1.54, 1.807) is 32.5 Å². The molecule has 2 rings (SSSR count). The van der Waals surface area contributed by atoms with Crippen molar-refractivity contribution in [3.05, 3.63) is 52.5 Å². The van der Waals surface area contributed by atoms with Gasteiger partial charge in [0.05, 0.1) is 18.3 Å². The first-order chi connectivity index (χ1) is 13.0. The summed E-state index contributed by atoms with van der Waals surface area (Å²) in [6.07, 6.45) is 1.59. The van der Waals surface area contributed by atoms with Crippen molar-refractivity contribution in [2.75, 3.05) is 27.4 Å². The van der Waals surface area contributed by atoms with Gasteiger partial charge in [0, 0.05) is 7.05 Å². The van der Waals surface area contributed by atoms with E-state index in [-0.39, 0.29) is 0 Å². The summed E-state index contributed by atoms with van der Waals surface area (Å²) in [4.78, 5) is 0. The number of benzene rings is 2. The smallest absolute Gasteiger partial charge is 0.186 e. The average molecular weight is 408 g/mol.